The van der Waals surface area contributed by atoms with Crippen LogP contribution in [-0.4, -0.2) is 46.8 Å². The Balaban J connectivity index is 0.00000225. The summed E-state index contributed by atoms with van der Waals surface area (Å²) in [7, 11) is 0. The zero-order chi connectivity index (χ0) is 19.2. The van der Waals surface area contributed by atoms with Gasteiger partial charge >= 0.3 is 11.9 Å². The molecule has 0 unspecified atom stereocenters. The van der Waals surface area contributed by atoms with Gasteiger partial charge in [-0.2, -0.15) is 13.2 Å². The molecule has 0 atom stereocenters. The Morgan fingerprint density at radius 2 is 1.71 bits per heavy atom. The quantitative estimate of drug-likeness (QED) is 0.803. The van der Waals surface area contributed by atoms with Gasteiger partial charge in [0.05, 0.1) is 16.6 Å². The van der Waals surface area contributed by atoms with E-state index in [1.165, 1.54) is 13.0 Å². The fraction of sp³-hybridized carbons (Fsp3) is 0.632. The molecule has 0 saturated carbocycles. The van der Waals surface area contributed by atoms with Crippen LogP contribution in [0.1, 0.15) is 42.9 Å². The van der Waals surface area contributed by atoms with Crippen LogP contribution in [0.25, 0.3) is 11.0 Å². The van der Waals surface area contributed by atoms with E-state index in [-0.39, 0.29) is 35.2 Å². The van der Waals surface area contributed by atoms with Gasteiger partial charge in [0.15, 0.2) is 0 Å². The predicted octanol–water partition coefficient (Wildman–Crippen LogP) is 3.89. The maximum atomic E-state index is 13.1. The summed E-state index contributed by atoms with van der Waals surface area (Å²) in [5, 5.41) is 0. The molecule has 5 nitrogen and oxygen atoms in total. The number of aromatic nitrogens is 2. The van der Waals surface area contributed by atoms with Gasteiger partial charge in [0.2, 0.25) is 0 Å². The van der Waals surface area contributed by atoms with Gasteiger partial charge in [0.25, 0.3) is 0 Å². The van der Waals surface area contributed by atoms with E-state index in [1.807, 2.05) is 0 Å². The van der Waals surface area contributed by atoms with Gasteiger partial charge in [-0.25, -0.2) is 4.79 Å². The Hall–Kier alpha value is -1.51. The number of aromatic amines is 1. The molecule has 0 aliphatic carbocycles. The predicted molar refractivity (Wildman–Crippen MR) is 103 cm³/mol. The summed E-state index contributed by atoms with van der Waals surface area (Å²) >= 11 is 0. The Morgan fingerprint density at radius 3 is 2.32 bits per heavy atom. The standard InChI is InChI=1S/C19H24F3N3O2.ClH/c1-12-10-17-16(11-15(12)19(20,21)22)23-18(26)25(17)14-2-6-24(7-3-14)13-4-8-27-9-5-13;/h10-11,13-14H,2-9H2,1H3,(H,23,26);1H. The number of halogens is 4. The molecular weight excluding hydrogens is 395 g/mol. The van der Waals surface area contributed by atoms with Crippen LogP contribution in [0.3, 0.4) is 0 Å². The van der Waals surface area contributed by atoms with E-state index in [9.17, 15) is 18.0 Å². The van der Waals surface area contributed by atoms with E-state index in [0.29, 0.717) is 11.6 Å². The van der Waals surface area contributed by atoms with Crippen molar-refractivity contribution < 1.29 is 17.9 Å². The van der Waals surface area contributed by atoms with Crippen LogP contribution in [0.4, 0.5) is 13.2 Å². The minimum absolute atomic E-state index is 0. The minimum atomic E-state index is -4.42. The highest BCUT2D eigenvalue weighted by atomic mass is 35.5. The molecular formula is C19H25ClF3N3O2. The van der Waals surface area contributed by atoms with Crippen molar-refractivity contribution in [2.75, 3.05) is 26.3 Å². The molecule has 2 saturated heterocycles. The molecule has 0 spiro atoms. The summed E-state index contributed by atoms with van der Waals surface area (Å²) in [6.07, 6.45) is -0.699. The highest BCUT2D eigenvalue weighted by Gasteiger charge is 2.34. The van der Waals surface area contributed by atoms with Crippen LogP contribution in [-0.2, 0) is 10.9 Å². The fourth-order valence-corrected chi connectivity index (χ4v) is 4.50. The lowest BCUT2D eigenvalue weighted by Gasteiger charge is -2.39. The number of aryl methyl sites for hydroxylation is 1. The van der Waals surface area contributed by atoms with Gasteiger partial charge < -0.3 is 14.6 Å². The number of fused-ring (bicyclic) bond motifs is 1. The monoisotopic (exact) mass is 419 g/mol. The smallest absolute Gasteiger partial charge is 0.381 e. The maximum Gasteiger partial charge on any atom is 0.416 e. The van der Waals surface area contributed by atoms with Crippen molar-refractivity contribution in [1.29, 1.82) is 0 Å². The zero-order valence-corrected chi connectivity index (χ0v) is 16.5. The number of hydrogen-bond acceptors (Lipinski definition) is 3. The first-order valence-corrected chi connectivity index (χ1v) is 9.48. The maximum absolute atomic E-state index is 13.1. The van der Waals surface area contributed by atoms with Crippen LogP contribution in [0.15, 0.2) is 16.9 Å². The average molecular weight is 420 g/mol. The summed E-state index contributed by atoms with van der Waals surface area (Å²) in [4.78, 5) is 17.6. The fourth-order valence-electron chi connectivity index (χ4n) is 4.50. The molecule has 1 aromatic heterocycles. The molecule has 28 heavy (non-hydrogen) atoms. The summed E-state index contributed by atoms with van der Waals surface area (Å²) < 4.78 is 46.5. The van der Waals surface area contributed by atoms with Crippen molar-refractivity contribution in [2.45, 2.75) is 50.9 Å². The molecule has 2 aromatic rings. The molecule has 9 heteroatoms. The molecule has 2 aliphatic rings. The Morgan fingerprint density at radius 1 is 1.07 bits per heavy atom. The number of piperidine rings is 1. The summed E-state index contributed by atoms with van der Waals surface area (Å²) in [6.45, 7) is 4.83. The highest BCUT2D eigenvalue weighted by Crippen LogP contribution is 2.35. The van der Waals surface area contributed by atoms with Crippen molar-refractivity contribution in [1.82, 2.24) is 14.5 Å². The molecule has 1 N–H and O–H groups in total. The first-order chi connectivity index (χ1) is 12.8. The number of nitrogens with zero attached hydrogens (tertiary/aromatic N) is 2. The van der Waals surface area contributed by atoms with E-state index in [4.69, 9.17) is 4.74 Å². The second-order valence-corrected chi connectivity index (χ2v) is 7.59. The largest absolute Gasteiger partial charge is 0.416 e. The summed E-state index contributed by atoms with van der Waals surface area (Å²) in [5.74, 6) is 0. The number of alkyl halides is 3. The number of hydrogen-bond donors (Lipinski definition) is 1. The number of ether oxygens (including phenoxy) is 1. The Kier molecular flexibility index (Phi) is 6.12. The van der Waals surface area contributed by atoms with Crippen molar-refractivity contribution in [3.8, 4) is 0 Å². The Labute approximate surface area is 167 Å². The lowest BCUT2D eigenvalue weighted by molar-refractivity contribution is -0.137. The molecule has 156 valence electrons. The number of imidazole rings is 1. The third-order valence-corrected chi connectivity index (χ3v) is 5.94. The van der Waals surface area contributed by atoms with Crippen LogP contribution >= 0.6 is 12.4 Å². The molecule has 1 aromatic carbocycles. The number of benzene rings is 1. The molecule has 0 amide bonds. The first-order valence-electron chi connectivity index (χ1n) is 9.48. The topological polar surface area (TPSA) is 50.3 Å². The van der Waals surface area contributed by atoms with Crippen LogP contribution < -0.4 is 5.69 Å². The van der Waals surface area contributed by atoms with E-state index < -0.39 is 11.7 Å². The second kappa shape index (κ2) is 8.08. The van der Waals surface area contributed by atoms with E-state index in [0.717, 1.165) is 58.1 Å². The molecule has 4 rings (SSSR count). The second-order valence-electron chi connectivity index (χ2n) is 7.59. The zero-order valence-electron chi connectivity index (χ0n) is 15.7. The lowest BCUT2D eigenvalue weighted by atomic mass is 9.99. The van der Waals surface area contributed by atoms with E-state index >= 15 is 0 Å². The molecule has 2 aliphatic heterocycles. The summed E-state index contributed by atoms with van der Waals surface area (Å²) in [5.41, 5.74) is -0.0619. The van der Waals surface area contributed by atoms with Gasteiger partial charge in [-0.15, -0.1) is 12.4 Å². The molecule has 3 heterocycles. The number of likely N-dealkylation sites (tertiary alicyclic amines) is 1. The average Bonchev–Trinajstić information content (AvgIpc) is 2.96. The molecule has 2 fully saturated rings. The first kappa shape index (κ1) is 21.2. The van der Waals surface area contributed by atoms with Crippen molar-refractivity contribution >= 4 is 23.4 Å². The van der Waals surface area contributed by atoms with Gasteiger partial charge in [-0.05, 0) is 50.3 Å². The van der Waals surface area contributed by atoms with Gasteiger partial charge in [-0.3, -0.25) is 4.57 Å². The third kappa shape index (κ3) is 3.95. The van der Waals surface area contributed by atoms with Crippen LogP contribution in [0, 0.1) is 6.92 Å². The number of rotatable bonds is 2. The minimum Gasteiger partial charge on any atom is -0.381 e. The van der Waals surface area contributed by atoms with Crippen molar-refractivity contribution in [2.24, 2.45) is 0 Å². The number of nitrogens with one attached hydrogen (secondary N) is 1. The normalized spacial score (nSPS) is 20.4. The third-order valence-electron chi connectivity index (χ3n) is 5.94. The Bertz CT molecular complexity index is 879. The van der Waals surface area contributed by atoms with Crippen molar-refractivity contribution in [3.05, 3.63) is 33.7 Å². The van der Waals surface area contributed by atoms with Gasteiger partial charge in [0, 0.05) is 38.4 Å². The van der Waals surface area contributed by atoms with Crippen LogP contribution in [0.5, 0.6) is 0 Å². The van der Waals surface area contributed by atoms with Gasteiger partial charge in [0.1, 0.15) is 0 Å². The number of H-pyrrole nitrogens is 1. The van der Waals surface area contributed by atoms with E-state index in [1.54, 1.807) is 4.57 Å². The van der Waals surface area contributed by atoms with Crippen LogP contribution in [0.2, 0.25) is 0 Å². The highest BCUT2D eigenvalue weighted by molar-refractivity contribution is 5.85. The molecule has 0 radical (unpaired) electrons. The van der Waals surface area contributed by atoms with Crippen molar-refractivity contribution in [3.63, 3.8) is 0 Å². The van der Waals surface area contributed by atoms with Gasteiger partial charge in [-0.1, -0.05) is 0 Å². The van der Waals surface area contributed by atoms with E-state index in [2.05, 4.69) is 9.88 Å². The molecule has 0 bridgehead atoms. The summed E-state index contributed by atoms with van der Waals surface area (Å²) in [6, 6.07) is 3.09. The lowest BCUT2D eigenvalue weighted by Crippen LogP contribution is -2.45. The SMILES string of the molecule is Cc1cc2c(cc1C(F)(F)F)[nH]c(=O)n2C1CCN(C2CCOCC2)CC1.Cl.